The average Bonchev–Trinajstić information content (AvgIpc) is 3.24. The Morgan fingerprint density at radius 2 is 1.77 bits per heavy atom. The first-order valence-corrected chi connectivity index (χ1v) is 12.6. The molecular weight excluding hydrogens is 395 g/mol. The Morgan fingerprint density at radius 3 is 2.48 bits per heavy atom. The summed E-state index contributed by atoms with van der Waals surface area (Å²) in [5, 5.41) is 6.80. The van der Waals surface area contributed by atoms with Gasteiger partial charge in [0.1, 0.15) is 6.17 Å². The summed E-state index contributed by atoms with van der Waals surface area (Å²) < 4.78 is 14.4. The van der Waals surface area contributed by atoms with Crippen molar-refractivity contribution in [3.8, 4) is 0 Å². The van der Waals surface area contributed by atoms with Gasteiger partial charge < -0.3 is 15.5 Å². The zero-order chi connectivity index (χ0) is 21.7. The van der Waals surface area contributed by atoms with E-state index in [2.05, 4.69) is 27.4 Å². The van der Waals surface area contributed by atoms with E-state index in [-0.39, 0.29) is 35.9 Å². The van der Waals surface area contributed by atoms with Gasteiger partial charge in [-0.1, -0.05) is 6.92 Å². The molecule has 6 rings (SSSR count). The van der Waals surface area contributed by atoms with E-state index in [0.29, 0.717) is 36.9 Å². The van der Waals surface area contributed by atoms with E-state index in [9.17, 15) is 14.0 Å². The van der Waals surface area contributed by atoms with Gasteiger partial charge >= 0.3 is 0 Å². The largest absolute Gasteiger partial charge is 0.352 e. The van der Waals surface area contributed by atoms with Crippen molar-refractivity contribution in [2.45, 2.75) is 114 Å². The smallest absolute Gasteiger partial charge is 0.237 e. The molecule has 2 bridgehead atoms. The highest BCUT2D eigenvalue weighted by Gasteiger charge is 2.47. The van der Waals surface area contributed by atoms with Crippen LogP contribution in [0.5, 0.6) is 0 Å². The van der Waals surface area contributed by atoms with E-state index in [0.717, 1.165) is 45.2 Å². The molecule has 4 saturated heterocycles. The zero-order valence-electron chi connectivity index (χ0n) is 19.1. The summed E-state index contributed by atoms with van der Waals surface area (Å²) in [6.07, 6.45) is 8.06. The van der Waals surface area contributed by atoms with Crippen LogP contribution in [-0.2, 0) is 9.59 Å². The Labute approximate surface area is 185 Å². The summed E-state index contributed by atoms with van der Waals surface area (Å²) in [4.78, 5) is 29.7. The van der Waals surface area contributed by atoms with Gasteiger partial charge in [-0.15, -0.1) is 0 Å². The van der Waals surface area contributed by atoms with Crippen LogP contribution < -0.4 is 10.6 Å². The minimum atomic E-state index is -0.769. The Bertz CT molecular complexity index is 687. The molecule has 0 aromatic carbocycles. The van der Waals surface area contributed by atoms with Crippen LogP contribution in [0.2, 0.25) is 0 Å². The quantitative estimate of drug-likeness (QED) is 0.715. The number of nitrogens with one attached hydrogen (secondary N) is 2. The van der Waals surface area contributed by atoms with Crippen LogP contribution in [0.3, 0.4) is 0 Å². The van der Waals surface area contributed by atoms with Gasteiger partial charge in [-0.3, -0.25) is 14.5 Å². The third-order valence-electron chi connectivity index (χ3n) is 9.09. The van der Waals surface area contributed by atoms with Gasteiger partial charge in [0.25, 0.3) is 0 Å². The van der Waals surface area contributed by atoms with E-state index in [1.54, 1.807) is 6.92 Å². The van der Waals surface area contributed by atoms with Crippen LogP contribution in [0.4, 0.5) is 4.39 Å². The molecule has 4 heterocycles. The van der Waals surface area contributed by atoms with E-state index in [1.807, 2.05) is 0 Å². The molecule has 2 N–H and O–H groups in total. The number of hydrogen-bond donors (Lipinski definition) is 2. The fourth-order valence-electron chi connectivity index (χ4n) is 7.39. The highest BCUT2D eigenvalue weighted by atomic mass is 19.1. The van der Waals surface area contributed by atoms with Gasteiger partial charge in [0.2, 0.25) is 11.8 Å². The molecule has 7 heteroatoms. The van der Waals surface area contributed by atoms with Gasteiger partial charge in [0.05, 0.1) is 6.04 Å². The number of piperazine rings is 1. The molecule has 6 nitrogen and oxygen atoms in total. The molecule has 7 unspecified atom stereocenters. The summed E-state index contributed by atoms with van der Waals surface area (Å²) in [6, 6.07) is 1.43. The molecule has 4 aliphatic heterocycles. The van der Waals surface area contributed by atoms with Crippen LogP contribution in [-0.4, -0.2) is 77.1 Å². The first kappa shape index (κ1) is 21.6. The molecule has 2 aliphatic carbocycles. The fourth-order valence-corrected chi connectivity index (χ4v) is 7.39. The minimum absolute atomic E-state index is 0.00766. The second-order valence-electron chi connectivity index (χ2n) is 11.0. The second kappa shape index (κ2) is 8.62. The van der Waals surface area contributed by atoms with Crippen molar-refractivity contribution in [1.29, 1.82) is 0 Å². The van der Waals surface area contributed by atoms with Crippen molar-refractivity contribution >= 4 is 11.8 Å². The summed E-state index contributed by atoms with van der Waals surface area (Å²) in [5.41, 5.74) is 0. The molecule has 0 radical (unpaired) electrons. The van der Waals surface area contributed by atoms with Gasteiger partial charge in [0.15, 0.2) is 0 Å². The number of carbonyl (C=O) groups is 2. The average molecular weight is 435 g/mol. The third kappa shape index (κ3) is 4.12. The highest BCUT2D eigenvalue weighted by molar-refractivity contribution is 5.82. The molecule has 6 aliphatic rings. The van der Waals surface area contributed by atoms with Crippen molar-refractivity contribution in [1.82, 2.24) is 20.4 Å². The lowest BCUT2D eigenvalue weighted by molar-refractivity contribution is -0.141. The number of hydrogen-bond acceptors (Lipinski definition) is 4. The number of alkyl halides is 1. The Hall–Kier alpha value is -1.21. The number of nitrogens with zero attached hydrogens (tertiary/aromatic N) is 2. The predicted molar refractivity (Wildman–Crippen MR) is 117 cm³/mol. The molecule has 2 saturated carbocycles. The van der Waals surface area contributed by atoms with Crippen LogP contribution in [0.1, 0.15) is 71.6 Å². The van der Waals surface area contributed by atoms with Crippen molar-refractivity contribution in [3.63, 3.8) is 0 Å². The first-order valence-electron chi connectivity index (χ1n) is 12.6. The number of halogens is 1. The molecule has 2 amide bonds. The van der Waals surface area contributed by atoms with Gasteiger partial charge in [-0.25, -0.2) is 4.39 Å². The molecule has 0 aromatic rings. The van der Waals surface area contributed by atoms with Crippen molar-refractivity contribution in [3.05, 3.63) is 0 Å². The van der Waals surface area contributed by atoms with Crippen LogP contribution in [0.15, 0.2) is 0 Å². The maximum absolute atomic E-state index is 14.4. The van der Waals surface area contributed by atoms with Gasteiger partial charge in [-0.2, -0.15) is 0 Å². The molecule has 31 heavy (non-hydrogen) atoms. The van der Waals surface area contributed by atoms with Crippen molar-refractivity contribution in [2.75, 3.05) is 13.1 Å². The van der Waals surface area contributed by atoms with E-state index in [4.69, 9.17) is 0 Å². The summed E-state index contributed by atoms with van der Waals surface area (Å²) >= 11 is 0. The Balaban J connectivity index is 1.16. The van der Waals surface area contributed by atoms with Crippen molar-refractivity contribution in [2.24, 2.45) is 11.8 Å². The number of carbonyl (C=O) groups excluding carboxylic acids is 2. The molecule has 0 spiro atoms. The molecular formula is C24H39FN4O2. The summed E-state index contributed by atoms with van der Waals surface area (Å²) in [7, 11) is 0. The lowest BCUT2D eigenvalue weighted by atomic mass is 9.77. The maximum atomic E-state index is 14.4. The SMILES string of the molecule is CC(=O)N1CC2CCC1CN2[C@H]1CCC[C@@H](NC(=O)C2CC3C(F)CCC(C)C3N2)C1. The van der Waals surface area contributed by atoms with E-state index in [1.165, 1.54) is 12.8 Å². The monoisotopic (exact) mass is 434 g/mol. The summed E-state index contributed by atoms with van der Waals surface area (Å²) in [5.74, 6) is 0.713. The van der Waals surface area contributed by atoms with Gasteiger partial charge in [-0.05, 0) is 63.7 Å². The number of rotatable bonds is 3. The Kier molecular flexibility index (Phi) is 6.01. The number of amides is 2. The highest BCUT2D eigenvalue weighted by Crippen LogP contribution is 2.39. The van der Waals surface area contributed by atoms with Crippen molar-refractivity contribution < 1.29 is 14.0 Å². The minimum Gasteiger partial charge on any atom is -0.352 e. The maximum Gasteiger partial charge on any atom is 0.237 e. The molecule has 9 atom stereocenters. The lowest BCUT2D eigenvalue weighted by Gasteiger charge is -2.54. The third-order valence-corrected chi connectivity index (χ3v) is 9.09. The van der Waals surface area contributed by atoms with E-state index >= 15 is 0 Å². The standard InChI is InChI=1S/C24H39FN4O2/c1-14-6-9-21(25)20-11-22(27-23(14)20)24(31)26-16-4-3-5-17(10-16)29-13-18-7-8-19(29)12-28(18)15(2)30/h14,16-23,27H,3-13H2,1-2H3,(H,26,31)/t14?,16-,17+,18?,19?,20?,21?,22?,23?/m1/s1. The Morgan fingerprint density at radius 1 is 0.968 bits per heavy atom. The van der Waals surface area contributed by atoms with E-state index < -0.39 is 6.17 Å². The number of fused-ring (bicyclic) bond motifs is 4. The first-order chi connectivity index (χ1) is 14.9. The zero-order valence-corrected chi connectivity index (χ0v) is 19.1. The molecule has 174 valence electrons. The predicted octanol–water partition coefficient (Wildman–Crippen LogP) is 2.22. The van der Waals surface area contributed by atoms with Crippen LogP contribution in [0, 0.1) is 11.8 Å². The molecule has 6 fully saturated rings. The topological polar surface area (TPSA) is 64.7 Å². The van der Waals surface area contributed by atoms with Crippen LogP contribution in [0.25, 0.3) is 0 Å². The second-order valence-corrected chi connectivity index (χ2v) is 11.0. The van der Waals surface area contributed by atoms with Crippen LogP contribution >= 0.6 is 0 Å². The number of piperidine rings is 2. The molecule has 0 aromatic heterocycles. The fraction of sp³-hybridized carbons (Fsp3) is 0.917. The lowest BCUT2D eigenvalue weighted by Crippen LogP contribution is -2.66. The summed E-state index contributed by atoms with van der Waals surface area (Å²) in [6.45, 7) is 5.72. The normalized spacial score (nSPS) is 45.4. The van der Waals surface area contributed by atoms with Gasteiger partial charge in [0, 0.05) is 56.1 Å².